The number of aromatic nitrogens is 2. The molecule has 0 radical (unpaired) electrons. The second kappa shape index (κ2) is 10.9. The summed E-state index contributed by atoms with van der Waals surface area (Å²) < 4.78 is 13.6. The van der Waals surface area contributed by atoms with E-state index in [4.69, 9.17) is 0 Å². The van der Waals surface area contributed by atoms with Gasteiger partial charge in [-0.25, -0.2) is 9.37 Å². The fourth-order valence-corrected chi connectivity index (χ4v) is 4.38. The maximum atomic E-state index is 13.6. The van der Waals surface area contributed by atoms with Gasteiger partial charge in [0.25, 0.3) is 5.91 Å². The Balaban J connectivity index is 1.22. The molecule has 5 rings (SSSR count). The monoisotopic (exact) mass is 498 g/mol. The van der Waals surface area contributed by atoms with Gasteiger partial charge in [-0.15, -0.1) is 0 Å². The lowest BCUT2D eigenvalue weighted by Gasteiger charge is -2.32. The summed E-state index contributed by atoms with van der Waals surface area (Å²) in [5.41, 5.74) is 5.72. The summed E-state index contributed by atoms with van der Waals surface area (Å²) >= 11 is 0. The molecule has 3 aromatic carbocycles. The number of imidazole rings is 1. The largest absolute Gasteiger partial charge is 0.325 e. The van der Waals surface area contributed by atoms with E-state index in [1.807, 2.05) is 55.5 Å². The molecule has 1 amide bonds. The molecule has 0 atom stereocenters. The van der Waals surface area contributed by atoms with Crippen molar-refractivity contribution in [3.63, 3.8) is 0 Å². The second-order valence-electron chi connectivity index (χ2n) is 9.54. The first-order valence-corrected chi connectivity index (χ1v) is 12.4. The number of anilines is 3. The number of aromatic amines is 1. The molecule has 1 aromatic heterocycles. The molecule has 8 heteroatoms. The van der Waals surface area contributed by atoms with Crippen LogP contribution in [0.4, 0.5) is 21.7 Å². The first-order chi connectivity index (χ1) is 17.9. The molecule has 3 N–H and O–H groups in total. The number of carbonyl (C=O) groups is 1. The Morgan fingerprint density at radius 2 is 1.81 bits per heavy atom. The van der Waals surface area contributed by atoms with Crippen molar-refractivity contribution in [2.45, 2.75) is 13.5 Å². The maximum Gasteiger partial charge on any atom is 0.255 e. The van der Waals surface area contributed by atoms with Crippen LogP contribution in [0, 0.1) is 12.7 Å². The molecule has 37 heavy (non-hydrogen) atoms. The van der Waals surface area contributed by atoms with Crippen LogP contribution in [0.15, 0.2) is 72.9 Å². The van der Waals surface area contributed by atoms with E-state index < -0.39 is 0 Å². The van der Waals surface area contributed by atoms with Crippen LogP contribution in [0.3, 0.4) is 0 Å². The number of amides is 1. The summed E-state index contributed by atoms with van der Waals surface area (Å²) in [5, 5.41) is 6.25. The molecular weight excluding hydrogens is 467 g/mol. The summed E-state index contributed by atoms with van der Waals surface area (Å²) in [4.78, 5) is 25.2. The lowest BCUT2D eigenvalue weighted by molar-refractivity contribution is 0.102. The topological polar surface area (TPSA) is 76.3 Å². The van der Waals surface area contributed by atoms with E-state index in [9.17, 15) is 9.18 Å². The summed E-state index contributed by atoms with van der Waals surface area (Å²) in [6, 6.07) is 19.9. The predicted octanol–water partition coefficient (Wildman–Crippen LogP) is 5.27. The number of halogens is 1. The third kappa shape index (κ3) is 6.22. The van der Waals surface area contributed by atoms with E-state index in [1.165, 1.54) is 17.7 Å². The Hall–Kier alpha value is -4.01. The van der Waals surface area contributed by atoms with Gasteiger partial charge in [0.1, 0.15) is 5.82 Å². The van der Waals surface area contributed by atoms with Gasteiger partial charge in [0.05, 0.1) is 11.9 Å². The molecule has 0 bridgehead atoms. The van der Waals surface area contributed by atoms with Gasteiger partial charge >= 0.3 is 0 Å². The lowest BCUT2D eigenvalue weighted by atomic mass is 10.1. The number of benzene rings is 3. The zero-order valence-corrected chi connectivity index (χ0v) is 21.1. The smallest absolute Gasteiger partial charge is 0.255 e. The number of H-pyrrole nitrogens is 1. The van der Waals surface area contributed by atoms with Crippen LogP contribution in [0.5, 0.6) is 0 Å². The van der Waals surface area contributed by atoms with Crippen molar-refractivity contribution in [1.82, 2.24) is 19.8 Å². The highest BCUT2D eigenvalue weighted by atomic mass is 19.1. The van der Waals surface area contributed by atoms with Gasteiger partial charge in [0.2, 0.25) is 5.95 Å². The van der Waals surface area contributed by atoms with E-state index in [-0.39, 0.29) is 11.7 Å². The van der Waals surface area contributed by atoms with E-state index in [0.29, 0.717) is 28.5 Å². The number of rotatable bonds is 7. The normalized spacial score (nSPS) is 14.5. The highest BCUT2D eigenvalue weighted by Crippen LogP contribution is 2.26. The number of hydrogen-bond acceptors (Lipinski definition) is 5. The molecule has 0 aliphatic carbocycles. The number of likely N-dealkylation sites (N-methyl/N-ethyl adjacent to an activating group) is 1. The maximum absolute atomic E-state index is 13.6. The number of carbonyl (C=O) groups excluding carboxylic acids is 1. The summed E-state index contributed by atoms with van der Waals surface area (Å²) in [6.07, 6.45) is 1.66. The summed E-state index contributed by atoms with van der Waals surface area (Å²) in [5.74, 6) is 0.0692. The van der Waals surface area contributed by atoms with Crippen molar-refractivity contribution < 1.29 is 9.18 Å². The van der Waals surface area contributed by atoms with Crippen LogP contribution in [0.1, 0.15) is 21.5 Å². The number of aryl methyl sites for hydroxylation is 1. The number of piperazine rings is 1. The van der Waals surface area contributed by atoms with E-state index in [2.05, 4.69) is 37.4 Å². The highest BCUT2D eigenvalue weighted by Gasteiger charge is 2.14. The first kappa shape index (κ1) is 24.7. The van der Waals surface area contributed by atoms with Crippen LogP contribution < -0.4 is 10.6 Å². The zero-order valence-electron chi connectivity index (χ0n) is 21.1. The minimum Gasteiger partial charge on any atom is -0.325 e. The van der Waals surface area contributed by atoms with Gasteiger partial charge < -0.3 is 20.5 Å². The third-order valence-electron chi connectivity index (χ3n) is 6.68. The predicted molar refractivity (Wildman–Crippen MR) is 146 cm³/mol. The Bertz CT molecular complexity index is 1380. The number of hydrogen-bond donors (Lipinski definition) is 3. The van der Waals surface area contributed by atoms with Crippen molar-refractivity contribution >= 4 is 23.2 Å². The second-order valence-corrected chi connectivity index (χ2v) is 9.54. The van der Waals surface area contributed by atoms with Crippen LogP contribution in [-0.4, -0.2) is 58.9 Å². The summed E-state index contributed by atoms with van der Waals surface area (Å²) in [7, 11) is 2.15. The van der Waals surface area contributed by atoms with E-state index in [0.717, 1.165) is 44.0 Å². The standard InChI is InChI=1S/C29H31FN6O/c1-20-6-11-25(17-26(20)33-29-31-18-27(34-29)23-4-3-5-24(30)16-23)32-28(37)22-9-7-21(8-10-22)19-36-14-12-35(2)13-15-36/h3-11,16-18H,12-15,19H2,1-2H3,(H,32,37)(H2,31,33,34). The molecule has 1 fully saturated rings. The summed E-state index contributed by atoms with van der Waals surface area (Å²) in [6.45, 7) is 7.17. The average Bonchev–Trinajstić information content (AvgIpc) is 3.36. The Morgan fingerprint density at radius 3 is 2.57 bits per heavy atom. The lowest BCUT2D eigenvalue weighted by Crippen LogP contribution is -2.43. The third-order valence-corrected chi connectivity index (χ3v) is 6.68. The van der Waals surface area contributed by atoms with Gasteiger partial charge in [-0.05, 0) is 61.5 Å². The van der Waals surface area contributed by atoms with Crippen molar-refractivity contribution in [1.29, 1.82) is 0 Å². The van der Waals surface area contributed by atoms with Crippen molar-refractivity contribution in [2.24, 2.45) is 0 Å². The molecule has 0 unspecified atom stereocenters. The molecule has 0 saturated carbocycles. The molecular formula is C29H31FN6O. The van der Waals surface area contributed by atoms with Crippen LogP contribution in [0.2, 0.25) is 0 Å². The molecule has 0 spiro atoms. The van der Waals surface area contributed by atoms with Gasteiger partial charge in [0, 0.05) is 55.2 Å². The minimum atomic E-state index is -0.300. The van der Waals surface area contributed by atoms with Crippen molar-refractivity contribution in [2.75, 3.05) is 43.9 Å². The molecule has 1 saturated heterocycles. The van der Waals surface area contributed by atoms with E-state index >= 15 is 0 Å². The van der Waals surface area contributed by atoms with Crippen molar-refractivity contribution in [3.05, 3.63) is 95.4 Å². The molecule has 7 nitrogen and oxygen atoms in total. The number of nitrogens with one attached hydrogen (secondary N) is 3. The SMILES string of the molecule is Cc1ccc(NC(=O)c2ccc(CN3CCN(C)CC3)cc2)cc1Nc1ncc(-c2cccc(F)c2)[nH]1. The Morgan fingerprint density at radius 1 is 1.03 bits per heavy atom. The van der Waals surface area contributed by atoms with Gasteiger partial charge in [0.15, 0.2) is 0 Å². The quantitative estimate of drug-likeness (QED) is 0.324. The average molecular weight is 499 g/mol. The number of nitrogens with zero attached hydrogens (tertiary/aromatic N) is 3. The molecule has 1 aliphatic rings. The highest BCUT2D eigenvalue weighted by molar-refractivity contribution is 6.04. The van der Waals surface area contributed by atoms with Gasteiger partial charge in [-0.2, -0.15) is 0 Å². The van der Waals surface area contributed by atoms with Gasteiger partial charge in [-0.3, -0.25) is 9.69 Å². The molecule has 190 valence electrons. The molecule has 1 aliphatic heterocycles. The van der Waals surface area contributed by atoms with Crippen LogP contribution >= 0.6 is 0 Å². The van der Waals surface area contributed by atoms with Crippen LogP contribution in [-0.2, 0) is 6.54 Å². The first-order valence-electron chi connectivity index (χ1n) is 12.4. The van der Waals surface area contributed by atoms with Crippen molar-refractivity contribution in [3.8, 4) is 11.3 Å². The zero-order chi connectivity index (χ0) is 25.8. The Labute approximate surface area is 216 Å². The fourth-order valence-electron chi connectivity index (χ4n) is 4.38. The van der Waals surface area contributed by atoms with E-state index in [1.54, 1.807) is 12.3 Å². The molecule has 4 aromatic rings. The minimum absolute atomic E-state index is 0.160. The fraction of sp³-hybridized carbons (Fsp3) is 0.241. The Kier molecular flexibility index (Phi) is 7.30. The van der Waals surface area contributed by atoms with Crippen LogP contribution in [0.25, 0.3) is 11.3 Å². The molecule has 2 heterocycles. The van der Waals surface area contributed by atoms with Gasteiger partial charge in [-0.1, -0.05) is 30.3 Å².